The van der Waals surface area contributed by atoms with Gasteiger partial charge >= 0.3 is 0 Å². The Morgan fingerprint density at radius 1 is 1.21 bits per heavy atom. The molecule has 1 aliphatic carbocycles. The lowest BCUT2D eigenvalue weighted by Gasteiger charge is -2.18. The Morgan fingerprint density at radius 2 is 2.11 bits per heavy atom. The molecule has 106 valence electrons. The third-order valence-electron chi connectivity index (χ3n) is 3.94. The molecule has 2 nitrogen and oxygen atoms in total. The van der Waals surface area contributed by atoms with Gasteiger partial charge < -0.3 is 10.1 Å². The molecule has 2 atom stereocenters. The van der Waals surface area contributed by atoms with Crippen LogP contribution in [0.2, 0.25) is 0 Å². The summed E-state index contributed by atoms with van der Waals surface area (Å²) < 4.78 is 5.69. The molecule has 1 N–H and O–H groups in total. The molecule has 2 rings (SSSR count). The maximum absolute atomic E-state index is 5.69. The molecule has 0 aliphatic heterocycles. The van der Waals surface area contributed by atoms with Gasteiger partial charge in [-0.05, 0) is 43.7 Å². The fourth-order valence-corrected chi connectivity index (χ4v) is 2.76. The van der Waals surface area contributed by atoms with Crippen molar-refractivity contribution in [2.75, 3.05) is 11.9 Å². The first-order valence-electron chi connectivity index (χ1n) is 7.77. The van der Waals surface area contributed by atoms with Gasteiger partial charge in [0.25, 0.3) is 0 Å². The van der Waals surface area contributed by atoms with Crippen molar-refractivity contribution < 1.29 is 4.74 Å². The molecule has 1 aliphatic rings. The highest BCUT2D eigenvalue weighted by atomic mass is 16.5. The van der Waals surface area contributed by atoms with Crippen LogP contribution >= 0.6 is 0 Å². The van der Waals surface area contributed by atoms with Gasteiger partial charge in [0, 0.05) is 17.8 Å². The Kier molecular flexibility index (Phi) is 5.56. The zero-order valence-electron chi connectivity index (χ0n) is 12.3. The molecule has 0 heterocycles. The standard InChI is InChI=1S/C17H27NO/c1-3-12-19-17-9-5-8-16(13-17)18-15-7-4-6-14(2)10-11-15/h5,8-9,13-15,18H,3-4,6-7,10-12H2,1-2H3. The molecular formula is C17H27NO. The smallest absolute Gasteiger partial charge is 0.121 e. The number of anilines is 1. The van der Waals surface area contributed by atoms with Crippen molar-refractivity contribution in [2.24, 2.45) is 5.92 Å². The van der Waals surface area contributed by atoms with Crippen LogP contribution in [0.15, 0.2) is 24.3 Å². The average molecular weight is 261 g/mol. The minimum Gasteiger partial charge on any atom is -0.494 e. The lowest BCUT2D eigenvalue weighted by molar-refractivity contribution is 0.317. The fraction of sp³-hybridized carbons (Fsp3) is 0.647. The van der Waals surface area contributed by atoms with E-state index in [4.69, 9.17) is 4.74 Å². The Labute approximate surface area is 117 Å². The van der Waals surface area contributed by atoms with Gasteiger partial charge in [-0.1, -0.05) is 32.8 Å². The summed E-state index contributed by atoms with van der Waals surface area (Å²) in [6.07, 6.45) is 7.73. The van der Waals surface area contributed by atoms with E-state index < -0.39 is 0 Å². The fourth-order valence-electron chi connectivity index (χ4n) is 2.76. The summed E-state index contributed by atoms with van der Waals surface area (Å²) in [6, 6.07) is 9.02. The zero-order chi connectivity index (χ0) is 13.5. The second-order valence-electron chi connectivity index (χ2n) is 5.83. The molecule has 2 heteroatoms. The summed E-state index contributed by atoms with van der Waals surface area (Å²) in [7, 11) is 0. The first-order chi connectivity index (χ1) is 9.28. The second kappa shape index (κ2) is 7.42. The van der Waals surface area contributed by atoms with Gasteiger partial charge in [-0.25, -0.2) is 0 Å². The van der Waals surface area contributed by atoms with Crippen molar-refractivity contribution in [1.29, 1.82) is 0 Å². The lowest BCUT2D eigenvalue weighted by atomic mass is 10.0. The van der Waals surface area contributed by atoms with E-state index in [1.807, 2.05) is 6.07 Å². The van der Waals surface area contributed by atoms with Gasteiger partial charge in [-0.15, -0.1) is 0 Å². The van der Waals surface area contributed by atoms with E-state index in [0.717, 1.165) is 24.7 Å². The van der Waals surface area contributed by atoms with E-state index in [1.165, 1.54) is 37.8 Å². The quantitative estimate of drug-likeness (QED) is 0.764. The molecule has 0 radical (unpaired) electrons. The molecule has 1 aromatic carbocycles. The predicted molar refractivity (Wildman–Crippen MR) is 81.9 cm³/mol. The van der Waals surface area contributed by atoms with Crippen LogP contribution in [0.1, 0.15) is 52.4 Å². The van der Waals surface area contributed by atoms with E-state index in [9.17, 15) is 0 Å². The lowest BCUT2D eigenvalue weighted by Crippen LogP contribution is -2.18. The van der Waals surface area contributed by atoms with E-state index >= 15 is 0 Å². The number of ether oxygens (including phenoxy) is 1. The predicted octanol–water partition coefficient (Wildman–Crippen LogP) is 4.86. The van der Waals surface area contributed by atoms with Crippen LogP contribution in [0.25, 0.3) is 0 Å². The van der Waals surface area contributed by atoms with Crippen molar-refractivity contribution in [3.8, 4) is 5.75 Å². The van der Waals surface area contributed by atoms with Gasteiger partial charge in [0.1, 0.15) is 5.75 Å². The van der Waals surface area contributed by atoms with Crippen molar-refractivity contribution in [3.63, 3.8) is 0 Å². The molecule has 1 saturated carbocycles. The average Bonchev–Trinajstić information content (AvgIpc) is 2.62. The third-order valence-corrected chi connectivity index (χ3v) is 3.94. The van der Waals surface area contributed by atoms with Crippen LogP contribution in [0.3, 0.4) is 0 Å². The van der Waals surface area contributed by atoms with Crippen LogP contribution in [-0.4, -0.2) is 12.6 Å². The van der Waals surface area contributed by atoms with E-state index in [0.29, 0.717) is 6.04 Å². The zero-order valence-corrected chi connectivity index (χ0v) is 12.3. The van der Waals surface area contributed by atoms with Gasteiger partial charge in [-0.3, -0.25) is 0 Å². The number of hydrogen-bond donors (Lipinski definition) is 1. The molecular weight excluding hydrogens is 234 g/mol. The van der Waals surface area contributed by atoms with Gasteiger partial charge in [-0.2, -0.15) is 0 Å². The van der Waals surface area contributed by atoms with Crippen molar-refractivity contribution in [1.82, 2.24) is 0 Å². The van der Waals surface area contributed by atoms with E-state index in [-0.39, 0.29) is 0 Å². The van der Waals surface area contributed by atoms with Crippen LogP contribution in [0, 0.1) is 5.92 Å². The third kappa shape index (κ3) is 4.77. The number of nitrogens with one attached hydrogen (secondary N) is 1. The van der Waals surface area contributed by atoms with Crippen LogP contribution in [-0.2, 0) is 0 Å². The maximum Gasteiger partial charge on any atom is 0.121 e. The largest absolute Gasteiger partial charge is 0.494 e. The number of rotatable bonds is 5. The van der Waals surface area contributed by atoms with Crippen molar-refractivity contribution in [2.45, 2.75) is 58.4 Å². The summed E-state index contributed by atoms with van der Waals surface area (Å²) in [5.41, 5.74) is 1.20. The second-order valence-corrected chi connectivity index (χ2v) is 5.83. The summed E-state index contributed by atoms with van der Waals surface area (Å²) in [4.78, 5) is 0. The molecule has 19 heavy (non-hydrogen) atoms. The highest BCUT2D eigenvalue weighted by Gasteiger charge is 2.15. The number of hydrogen-bond acceptors (Lipinski definition) is 2. The molecule has 0 spiro atoms. The Hall–Kier alpha value is -1.18. The summed E-state index contributed by atoms with van der Waals surface area (Å²) in [5, 5.41) is 3.68. The van der Waals surface area contributed by atoms with E-state index in [1.54, 1.807) is 0 Å². The molecule has 2 unspecified atom stereocenters. The highest BCUT2D eigenvalue weighted by molar-refractivity contribution is 5.48. The van der Waals surface area contributed by atoms with Crippen LogP contribution < -0.4 is 10.1 Å². The summed E-state index contributed by atoms with van der Waals surface area (Å²) >= 11 is 0. The number of benzene rings is 1. The highest BCUT2D eigenvalue weighted by Crippen LogP contribution is 2.26. The first kappa shape index (κ1) is 14.2. The minimum absolute atomic E-state index is 0.631. The van der Waals surface area contributed by atoms with Crippen LogP contribution in [0.4, 0.5) is 5.69 Å². The normalized spacial score (nSPS) is 23.7. The molecule has 0 amide bonds. The SMILES string of the molecule is CCCOc1cccc(NC2CCCC(C)CC2)c1. The Morgan fingerprint density at radius 3 is 2.95 bits per heavy atom. The summed E-state index contributed by atoms with van der Waals surface area (Å²) in [6.45, 7) is 5.31. The van der Waals surface area contributed by atoms with Crippen molar-refractivity contribution in [3.05, 3.63) is 24.3 Å². The van der Waals surface area contributed by atoms with Gasteiger partial charge in [0.15, 0.2) is 0 Å². The first-order valence-corrected chi connectivity index (χ1v) is 7.77. The monoisotopic (exact) mass is 261 g/mol. The van der Waals surface area contributed by atoms with Crippen molar-refractivity contribution >= 4 is 5.69 Å². The molecule has 1 fully saturated rings. The molecule has 0 bridgehead atoms. The van der Waals surface area contributed by atoms with Crippen LogP contribution in [0.5, 0.6) is 5.75 Å². The maximum atomic E-state index is 5.69. The van der Waals surface area contributed by atoms with Gasteiger partial charge in [0.05, 0.1) is 6.61 Å². The topological polar surface area (TPSA) is 21.3 Å². The molecule has 0 aromatic heterocycles. The summed E-state index contributed by atoms with van der Waals surface area (Å²) in [5.74, 6) is 1.87. The molecule has 1 aromatic rings. The van der Waals surface area contributed by atoms with Gasteiger partial charge in [0.2, 0.25) is 0 Å². The Balaban J connectivity index is 1.90. The minimum atomic E-state index is 0.631. The Bertz CT molecular complexity index is 377. The molecule has 0 saturated heterocycles. The van der Waals surface area contributed by atoms with E-state index in [2.05, 4.69) is 37.4 Å².